The standard InChI is InChI=1S/C12H15ClN2O2/c13-8-3-4-11(16)10(6-8)12(17)15-7-9-2-1-5-14-9/h3-4,6,9,14,16H,1-2,5,7H2,(H,15,17). The highest BCUT2D eigenvalue weighted by Gasteiger charge is 2.16. The first kappa shape index (κ1) is 12.2. The average molecular weight is 255 g/mol. The molecule has 2 rings (SSSR count). The number of phenols is 1. The molecular formula is C12H15ClN2O2. The van der Waals surface area contributed by atoms with Gasteiger partial charge < -0.3 is 15.7 Å². The van der Waals surface area contributed by atoms with E-state index in [1.807, 2.05) is 0 Å². The van der Waals surface area contributed by atoms with Crippen molar-refractivity contribution >= 4 is 17.5 Å². The monoisotopic (exact) mass is 254 g/mol. The highest BCUT2D eigenvalue weighted by atomic mass is 35.5. The SMILES string of the molecule is O=C(NCC1CCCN1)c1cc(Cl)ccc1O. The van der Waals surface area contributed by atoms with E-state index in [2.05, 4.69) is 10.6 Å². The maximum absolute atomic E-state index is 11.8. The van der Waals surface area contributed by atoms with Crippen LogP contribution in [0.3, 0.4) is 0 Å². The van der Waals surface area contributed by atoms with Crippen LogP contribution in [-0.2, 0) is 0 Å². The molecule has 1 aliphatic rings. The maximum Gasteiger partial charge on any atom is 0.255 e. The van der Waals surface area contributed by atoms with E-state index < -0.39 is 0 Å². The molecule has 1 saturated heterocycles. The van der Waals surface area contributed by atoms with Crippen LogP contribution in [0.4, 0.5) is 0 Å². The summed E-state index contributed by atoms with van der Waals surface area (Å²) < 4.78 is 0. The first-order valence-electron chi connectivity index (χ1n) is 5.67. The Bertz CT molecular complexity index is 417. The van der Waals surface area contributed by atoms with E-state index in [0.717, 1.165) is 19.4 Å². The number of benzene rings is 1. The second kappa shape index (κ2) is 5.38. The van der Waals surface area contributed by atoms with Crippen molar-refractivity contribution in [3.8, 4) is 5.75 Å². The lowest BCUT2D eigenvalue weighted by atomic mass is 10.1. The number of carbonyl (C=O) groups excluding carboxylic acids is 1. The van der Waals surface area contributed by atoms with E-state index in [4.69, 9.17) is 11.6 Å². The van der Waals surface area contributed by atoms with Crippen molar-refractivity contribution in [1.29, 1.82) is 0 Å². The van der Waals surface area contributed by atoms with Gasteiger partial charge in [-0.3, -0.25) is 4.79 Å². The number of hydrogen-bond donors (Lipinski definition) is 3. The van der Waals surface area contributed by atoms with Gasteiger partial charge in [0.2, 0.25) is 0 Å². The van der Waals surface area contributed by atoms with Crippen LogP contribution in [0.2, 0.25) is 5.02 Å². The number of rotatable bonds is 3. The summed E-state index contributed by atoms with van der Waals surface area (Å²) in [4.78, 5) is 11.8. The molecule has 3 N–H and O–H groups in total. The van der Waals surface area contributed by atoms with Gasteiger partial charge >= 0.3 is 0 Å². The zero-order valence-corrected chi connectivity index (χ0v) is 10.1. The summed E-state index contributed by atoms with van der Waals surface area (Å²) in [6.45, 7) is 1.58. The normalized spacial score (nSPS) is 19.2. The van der Waals surface area contributed by atoms with Crippen molar-refractivity contribution in [2.24, 2.45) is 0 Å². The number of amides is 1. The zero-order chi connectivity index (χ0) is 12.3. The summed E-state index contributed by atoms with van der Waals surface area (Å²) in [6.07, 6.45) is 2.21. The molecule has 17 heavy (non-hydrogen) atoms. The Morgan fingerprint density at radius 1 is 1.59 bits per heavy atom. The van der Waals surface area contributed by atoms with Crippen LogP contribution in [-0.4, -0.2) is 30.1 Å². The molecule has 0 aliphatic carbocycles. The van der Waals surface area contributed by atoms with Crippen molar-refractivity contribution < 1.29 is 9.90 Å². The van der Waals surface area contributed by atoms with Gasteiger partial charge in [0.15, 0.2) is 0 Å². The molecule has 1 atom stereocenters. The number of halogens is 1. The smallest absolute Gasteiger partial charge is 0.255 e. The quantitative estimate of drug-likeness (QED) is 0.767. The predicted octanol–water partition coefficient (Wildman–Crippen LogP) is 1.53. The Hall–Kier alpha value is -1.26. The maximum atomic E-state index is 11.8. The van der Waals surface area contributed by atoms with E-state index in [1.54, 1.807) is 6.07 Å². The summed E-state index contributed by atoms with van der Waals surface area (Å²) >= 11 is 5.78. The molecule has 1 aromatic carbocycles. The molecule has 5 heteroatoms. The number of nitrogens with one attached hydrogen (secondary N) is 2. The third kappa shape index (κ3) is 3.11. The molecule has 0 bridgehead atoms. The minimum atomic E-state index is -0.293. The van der Waals surface area contributed by atoms with Gasteiger partial charge in [-0.05, 0) is 37.6 Å². The molecule has 0 spiro atoms. The molecule has 4 nitrogen and oxygen atoms in total. The Morgan fingerprint density at radius 3 is 3.12 bits per heavy atom. The number of carbonyl (C=O) groups is 1. The van der Waals surface area contributed by atoms with Gasteiger partial charge in [-0.2, -0.15) is 0 Å². The summed E-state index contributed by atoms with van der Waals surface area (Å²) in [7, 11) is 0. The van der Waals surface area contributed by atoms with Crippen LogP contribution in [0.5, 0.6) is 5.75 Å². The van der Waals surface area contributed by atoms with E-state index in [-0.39, 0.29) is 17.2 Å². The van der Waals surface area contributed by atoms with Crippen LogP contribution >= 0.6 is 11.6 Å². The molecule has 1 unspecified atom stereocenters. The highest BCUT2D eigenvalue weighted by molar-refractivity contribution is 6.31. The van der Waals surface area contributed by atoms with E-state index >= 15 is 0 Å². The van der Waals surface area contributed by atoms with Crippen molar-refractivity contribution in [2.45, 2.75) is 18.9 Å². The molecule has 1 aliphatic heterocycles. The minimum absolute atomic E-state index is 0.0497. The van der Waals surface area contributed by atoms with Crippen molar-refractivity contribution in [3.05, 3.63) is 28.8 Å². The fourth-order valence-corrected chi connectivity index (χ4v) is 2.10. The lowest BCUT2D eigenvalue weighted by Crippen LogP contribution is -2.37. The van der Waals surface area contributed by atoms with E-state index in [9.17, 15) is 9.90 Å². The van der Waals surface area contributed by atoms with Gasteiger partial charge in [0.1, 0.15) is 5.75 Å². The second-order valence-corrected chi connectivity index (χ2v) is 4.60. The first-order valence-corrected chi connectivity index (χ1v) is 6.04. The predicted molar refractivity (Wildman–Crippen MR) is 66.5 cm³/mol. The lowest BCUT2D eigenvalue weighted by Gasteiger charge is -2.12. The van der Waals surface area contributed by atoms with Gasteiger partial charge in [-0.25, -0.2) is 0 Å². The van der Waals surface area contributed by atoms with Crippen molar-refractivity contribution in [2.75, 3.05) is 13.1 Å². The number of aromatic hydroxyl groups is 1. The van der Waals surface area contributed by atoms with Crippen LogP contribution < -0.4 is 10.6 Å². The highest BCUT2D eigenvalue weighted by Crippen LogP contribution is 2.21. The molecule has 0 radical (unpaired) electrons. The molecule has 1 amide bonds. The zero-order valence-electron chi connectivity index (χ0n) is 9.37. The van der Waals surface area contributed by atoms with Gasteiger partial charge in [-0.15, -0.1) is 0 Å². The fourth-order valence-electron chi connectivity index (χ4n) is 1.93. The largest absolute Gasteiger partial charge is 0.507 e. The van der Waals surface area contributed by atoms with E-state index in [1.165, 1.54) is 12.1 Å². The molecule has 92 valence electrons. The van der Waals surface area contributed by atoms with Crippen molar-refractivity contribution in [1.82, 2.24) is 10.6 Å². The molecule has 0 saturated carbocycles. The molecular weight excluding hydrogens is 240 g/mol. The summed E-state index contributed by atoms with van der Waals surface area (Å²) in [5, 5.41) is 16.1. The number of phenolic OH excluding ortho intramolecular Hbond substituents is 1. The third-order valence-electron chi connectivity index (χ3n) is 2.87. The Balaban J connectivity index is 1.96. The van der Waals surface area contributed by atoms with Gasteiger partial charge in [0, 0.05) is 17.6 Å². The Kier molecular flexibility index (Phi) is 3.86. The van der Waals surface area contributed by atoms with Crippen LogP contribution in [0.15, 0.2) is 18.2 Å². The third-order valence-corrected chi connectivity index (χ3v) is 3.11. The van der Waals surface area contributed by atoms with Gasteiger partial charge in [0.25, 0.3) is 5.91 Å². The lowest BCUT2D eigenvalue weighted by molar-refractivity contribution is 0.0947. The Labute approximate surface area is 105 Å². The topological polar surface area (TPSA) is 61.4 Å². The summed E-state index contributed by atoms with van der Waals surface area (Å²) in [5.74, 6) is -0.343. The van der Waals surface area contributed by atoms with Crippen LogP contribution in [0, 0.1) is 0 Å². The van der Waals surface area contributed by atoms with Gasteiger partial charge in [-0.1, -0.05) is 11.6 Å². The average Bonchev–Trinajstić information content (AvgIpc) is 2.82. The minimum Gasteiger partial charge on any atom is -0.507 e. The first-order chi connectivity index (χ1) is 8.16. The van der Waals surface area contributed by atoms with Crippen LogP contribution in [0.1, 0.15) is 23.2 Å². The fraction of sp³-hybridized carbons (Fsp3) is 0.417. The molecule has 1 aromatic rings. The van der Waals surface area contributed by atoms with Crippen molar-refractivity contribution in [3.63, 3.8) is 0 Å². The van der Waals surface area contributed by atoms with E-state index in [0.29, 0.717) is 17.6 Å². The van der Waals surface area contributed by atoms with Crippen LogP contribution in [0.25, 0.3) is 0 Å². The molecule has 0 aromatic heterocycles. The number of hydrogen-bond acceptors (Lipinski definition) is 3. The Morgan fingerprint density at radius 2 is 2.41 bits per heavy atom. The summed E-state index contributed by atoms with van der Waals surface area (Å²) in [5.41, 5.74) is 0.218. The molecule has 1 heterocycles. The molecule has 1 fully saturated rings. The summed E-state index contributed by atoms with van der Waals surface area (Å²) in [6, 6.07) is 4.77. The second-order valence-electron chi connectivity index (χ2n) is 4.16. The van der Waals surface area contributed by atoms with Gasteiger partial charge in [0.05, 0.1) is 5.56 Å².